The van der Waals surface area contributed by atoms with Gasteiger partial charge in [-0.2, -0.15) is 0 Å². The molecule has 1 N–H and O–H groups in total. The Balaban J connectivity index is 2.01. The number of benzene rings is 1. The lowest BCUT2D eigenvalue weighted by Crippen LogP contribution is -2.33. The minimum Gasteiger partial charge on any atom is -0.493 e. The van der Waals surface area contributed by atoms with Crippen molar-refractivity contribution >= 4 is 17.4 Å². The maximum absolute atomic E-state index is 14.8. The third-order valence-electron chi connectivity index (χ3n) is 5.99. The van der Waals surface area contributed by atoms with Gasteiger partial charge in [0.05, 0.1) is 18.3 Å². The maximum atomic E-state index is 14.8. The zero-order valence-corrected chi connectivity index (χ0v) is 18.4. The molecule has 2 heterocycles. The number of pyridine rings is 1. The van der Waals surface area contributed by atoms with Gasteiger partial charge in [0.2, 0.25) is 0 Å². The zero-order valence-electron chi connectivity index (χ0n) is 18.4. The first kappa shape index (κ1) is 23.7. The zero-order chi connectivity index (χ0) is 23.8. The highest BCUT2D eigenvalue weighted by molar-refractivity contribution is 5.97. The predicted molar refractivity (Wildman–Crippen MR) is 112 cm³/mol. The highest BCUT2D eigenvalue weighted by atomic mass is 19.3. The number of rotatable bonds is 6. The van der Waals surface area contributed by atoms with E-state index in [9.17, 15) is 22.8 Å². The molecule has 2 aromatic rings. The number of ketones is 1. The number of nitrogens with zero attached hydrogens (tertiary/aromatic N) is 1. The van der Waals surface area contributed by atoms with Gasteiger partial charge < -0.3 is 14.8 Å². The molecule has 0 bridgehead atoms. The number of amides is 1. The van der Waals surface area contributed by atoms with Crippen molar-refractivity contribution < 1.29 is 32.2 Å². The number of aromatic nitrogens is 1. The lowest BCUT2D eigenvalue weighted by molar-refractivity contribution is -0.131. The molecule has 0 unspecified atom stereocenters. The van der Waals surface area contributed by atoms with Gasteiger partial charge in [-0.3, -0.25) is 14.6 Å². The van der Waals surface area contributed by atoms with Gasteiger partial charge in [-0.15, -0.1) is 0 Å². The van der Waals surface area contributed by atoms with Crippen LogP contribution in [0.15, 0.2) is 30.5 Å². The van der Waals surface area contributed by atoms with E-state index < -0.39 is 41.3 Å². The van der Waals surface area contributed by atoms with Crippen LogP contribution in [0, 0.1) is 11.7 Å². The number of carbonyl (C=O) groups excluding carboxylic acids is 2. The van der Waals surface area contributed by atoms with Gasteiger partial charge in [0.15, 0.2) is 17.3 Å². The number of Topliss-reactive ketones (excluding diaryl/α,β-unsaturated/α-hetero) is 1. The van der Waals surface area contributed by atoms with Crippen molar-refractivity contribution in [1.82, 2.24) is 4.98 Å². The van der Waals surface area contributed by atoms with E-state index in [0.29, 0.717) is 5.69 Å². The van der Waals surface area contributed by atoms with E-state index in [1.165, 1.54) is 38.4 Å². The van der Waals surface area contributed by atoms with Crippen LogP contribution in [-0.2, 0) is 9.53 Å². The van der Waals surface area contributed by atoms with E-state index >= 15 is 0 Å². The Kier molecular flexibility index (Phi) is 6.59. The molecule has 32 heavy (non-hydrogen) atoms. The van der Waals surface area contributed by atoms with Crippen LogP contribution in [-0.4, -0.2) is 35.5 Å². The first-order valence-corrected chi connectivity index (χ1v) is 10.1. The molecule has 3 atom stereocenters. The van der Waals surface area contributed by atoms with Gasteiger partial charge in [-0.25, -0.2) is 13.2 Å². The van der Waals surface area contributed by atoms with E-state index in [-0.39, 0.29) is 28.7 Å². The highest BCUT2D eigenvalue weighted by Gasteiger charge is 2.51. The van der Waals surface area contributed by atoms with Crippen molar-refractivity contribution in [2.75, 3.05) is 12.4 Å². The lowest BCUT2D eigenvalue weighted by atomic mass is 9.77. The molecule has 172 valence electrons. The fraction of sp³-hybridized carbons (Fsp3) is 0.435. The van der Waals surface area contributed by atoms with Gasteiger partial charge >= 0.3 is 0 Å². The van der Waals surface area contributed by atoms with Crippen LogP contribution in [0.5, 0.6) is 5.75 Å². The molecule has 1 aromatic carbocycles. The molecule has 1 aliphatic heterocycles. The summed E-state index contributed by atoms with van der Waals surface area (Å²) in [5, 5.41) is 2.71. The summed E-state index contributed by atoms with van der Waals surface area (Å²) in [6, 6.07) is 5.33. The monoisotopic (exact) mass is 450 g/mol. The number of ether oxygens (including phenoxy) is 2. The van der Waals surface area contributed by atoms with Crippen LogP contribution in [0.4, 0.5) is 18.9 Å². The first-order valence-electron chi connectivity index (χ1n) is 10.1. The molecule has 9 heteroatoms. The van der Waals surface area contributed by atoms with Gasteiger partial charge in [0, 0.05) is 30.3 Å². The Morgan fingerprint density at radius 2 is 1.94 bits per heavy atom. The smallest absolute Gasteiger partial charge is 0.266 e. The Morgan fingerprint density at radius 1 is 1.25 bits per heavy atom. The summed E-state index contributed by atoms with van der Waals surface area (Å²) in [5.41, 5.74) is -0.733. The van der Waals surface area contributed by atoms with E-state index in [1.54, 1.807) is 13.8 Å². The maximum Gasteiger partial charge on any atom is 0.266 e. The number of carbonyl (C=O) groups is 2. The van der Waals surface area contributed by atoms with Crippen LogP contribution in [0.25, 0.3) is 0 Å². The molecule has 0 saturated carbocycles. The van der Waals surface area contributed by atoms with Crippen LogP contribution in [0.2, 0.25) is 0 Å². The summed E-state index contributed by atoms with van der Waals surface area (Å²) in [6.07, 6.45) is -2.67. The summed E-state index contributed by atoms with van der Waals surface area (Å²) >= 11 is 0. The SMILES string of the molecule is COc1c([C@@H]2[C@@H](C(=O)Nc3ccnc(C(C)=O)c3)OC(C)(C)[C@@H]2C)ccc(C(F)F)c1F. The van der Waals surface area contributed by atoms with Gasteiger partial charge in [0.25, 0.3) is 12.3 Å². The summed E-state index contributed by atoms with van der Waals surface area (Å²) in [5.74, 6) is -3.22. The molecular weight excluding hydrogens is 425 g/mol. The van der Waals surface area contributed by atoms with E-state index in [0.717, 1.165) is 6.07 Å². The van der Waals surface area contributed by atoms with Crippen molar-refractivity contribution in [2.24, 2.45) is 5.92 Å². The number of anilines is 1. The lowest BCUT2D eigenvalue weighted by Gasteiger charge is -2.26. The number of methoxy groups -OCH3 is 1. The van der Waals surface area contributed by atoms with Gasteiger partial charge in [0.1, 0.15) is 11.8 Å². The van der Waals surface area contributed by atoms with Crippen molar-refractivity contribution in [3.8, 4) is 5.75 Å². The molecule has 0 radical (unpaired) electrons. The predicted octanol–water partition coefficient (Wildman–Crippen LogP) is 4.91. The second-order valence-corrected chi connectivity index (χ2v) is 8.32. The van der Waals surface area contributed by atoms with Crippen molar-refractivity contribution in [3.63, 3.8) is 0 Å². The molecule has 1 fully saturated rings. The molecule has 0 aliphatic carbocycles. The topological polar surface area (TPSA) is 77.5 Å². The second kappa shape index (κ2) is 8.90. The Labute approximate surface area is 184 Å². The molecule has 6 nitrogen and oxygen atoms in total. The number of alkyl halides is 2. The largest absolute Gasteiger partial charge is 0.493 e. The molecule has 3 rings (SSSR count). The Hall–Kier alpha value is -2.94. The van der Waals surface area contributed by atoms with E-state index in [2.05, 4.69) is 10.3 Å². The standard InChI is InChI=1S/C23H25F3N2O4/c1-11-17(14-6-7-15(21(25)26)18(24)19(14)31-5)20(32-23(11,3)4)22(30)28-13-8-9-27-16(10-13)12(2)29/h6-11,17,20-21H,1-5H3,(H,27,28,30)/t11-,17-,20+/m1/s1. The fourth-order valence-electron chi connectivity index (χ4n) is 3.99. The molecule has 1 aromatic heterocycles. The van der Waals surface area contributed by atoms with E-state index in [1.807, 2.05) is 6.92 Å². The third kappa shape index (κ3) is 4.34. The minimum absolute atomic E-state index is 0.187. The number of nitrogens with one attached hydrogen (secondary N) is 1. The molecule has 0 spiro atoms. The third-order valence-corrected chi connectivity index (χ3v) is 5.99. The average Bonchev–Trinajstić information content (AvgIpc) is 2.97. The van der Waals surface area contributed by atoms with Crippen molar-refractivity contribution in [3.05, 3.63) is 53.1 Å². The number of hydrogen-bond acceptors (Lipinski definition) is 5. The fourth-order valence-corrected chi connectivity index (χ4v) is 3.99. The summed E-state index contributed by atoms with van der Waals surface area (Å²) in [4.78, 5) is 28.7. The van der Waals surface area contributed by atoms with E-state index in [4.69, 9.17) is 9.47 Å². The quantitative estimate of drug-likeness (QED) is 0.633. The summed E-state index contributed by atoms with van der Waals surface area (Å²) in [7, 11) is 1.19. The van der Waals surface area contributed by atoms with Gasteiger partial charge in [-0.1, -0.05) is 13.0 Å². The van der Waals surface area contributed by atoms with Crippen LogP contribution in [0.1, 0.15) is 61.7 Å². The molecule has 1 saturated heterocycles. The Morgan fingerprint density at radius 3 is 2.53 bits per heavy atom. The average molecular weight is 450 g/mol. The highest BCUT2D eigenvalue weighted by Crippen LogP contribution is 2.49. The van der Waals surface area contributed by atoms with Crippen LogP contribution < -0.4 is 10.1 Å². The number of halogens is 3. The van der Waals surface area contributed by atoms with Crippen LogP contribution >= 0.6 is 0 Å². The van der Waals surface area contributed by atoms with Crippen molar-refractivity contribution in [1.29, 1.82) is 0 Å². The summed E-state index contributed by atoms with van der Waals surface area (Å²) in [6.45, 7) is 6.80. The summed E-state index contributed by atoms with van der Waals surface area (Å²) < 4.78 is 52.3. The molecular formula is C23H25F3N2O4. The number of hydrogen-bond donors (Lipinski definition) is 1. The minimum atomic E-state index is -3.01. The molecule has 1 aliphatic rings. The first-order chi connectivity index (χ1) is 15.0. The normalized spacial score (nSPS) is 22.1. The van der Waals surface area contributed by atoms with Gasteiger partial charge in [-0.05, 0) is 38.0 Å². The second-order valence-electron chi connectivity index (χ2n) is 8.32. The van der Waals surface area contributed by atoms with Crippen molar-refractivity contribution in [2.45, 2.75) is 51.7 Å². The Bertz CT molecular complexity index is 1040. The van der Waals surface area contributed by atoms with Crippen LogP contribution in [0.3, 0.4) is 0 Å². The molecule has 1 amide bonds.